The highest BCUT2D eigenvalue weighted by Gasteiger charge is 2.51. The summed E-state index contributed by atoms with van der Waals surface area (Å²) in [4.78, 5) is 25.5. The number of piperidine rings is 1. The molecule has 0 aliphatic carbocycles. The Bertz CT molecular complexity index is 850. The van der Waals surface area contributed by atoms with Gasteiger partial charge in [0.15, 0.2) is 5.76 Å². The first-order valence-corrected chi connectivity index (χ1v) is 9.24. The zero-order valence-electron chi connectivity index (χ0n) is 15.3. The molecule has 0 bridgehead atoms. The number of carboxylic acids is 1. The number of aryl methyl sites for hydroxylation is 1. The second kappa shape index (κ2) is 6.81. The lowest BCUT2D eigenvalue weighted by atomic mass is 9.78. The van der Waals surface area contributed by atoms with Crippen molar-refractivity contribution < 1.29 is 19.2 Å². The summed E-state index contributed by atoms with van der Waals surface area (Å²) < 4.78 is 5.49. The zero-order valence-corrected chi connectivity index (χ0v) is 15.3. The molecule has 27 heavy (non-hydrogen) atoms. The maximum Gasteiger partial charge on any atom is 0.309 e. The summed E-state index contributed by atoms with van der Waals surface area (Å²) >= 11 is 0. The SMILES string of the molecule is Cc1ccc(-c2cc(CN3CCC4(CC3)NC(=O)C[C@H]4C(=O)O)on2)cc1. The Hall–Kier alpha value is -2.67. The van der Waals surface area contributed by atoms with Crippen molar-refractivity contribution in [3.8, 4) is 11.3 Å². The van der Waals surface area contributed by atoms with E-state index < -0.39 is 17.4 Å². The van der Waals surface area contributed by atoms with Gasteiger partial charge in [-0.25, -0.2) is 0 Å². The number of carbonyl (C=O) groups is 2. The Morgan fingerprint density at radius 1 is 1.33 bits per heavy atom. The summed E-state index contributed by atoms with van der Waals surface area (Å²) in [7, 11) is 0. The van der Waals surface area contributed by atoms with Crippen LogP contribution in [0.4, 0.5) is 0 Å². The van der Waals surface area contributed by atoms with Gasteiger partial charge in [0.1, 0.15) is 5.69 Å². The first-order valence-electron chi connectivity index (χ1n) is 9.24. The first-order chi connectivity index (χ1) is 12.9. The third kappa shape index (κ3) is 3.47. The van der Waals surface area contributed by atoms with Crippen molar-refractivity contribution in [3.05, 3.63) is 41.7 Å². The number of hydrogen-bond acceptors (Lipinski definition) is 5. The number of hydrogen-bond donors (Lipinski definition) is 2. The number of likely N-dealkylation sites (tertiary alicyclic amines) is 1. The molecule has 4 rings (SSSR count). The molecule has 2 fully saturated rings. The predicted molar refractivity (Wildman–Crippen MR) is 97.8 cm³/mol. The lowest BCUT2D eigenvalue weighted by molar-refractivity contribution is -0.144. The topological polar surface area (TPSA) is 95.7 Å². The van der Waals surface area contributed by atoms with E-state index in [1.807, 2.05) is 37.3 Å². The molecule has 2 aliphatic rings. The van der Waals surface area contributed by atoms with Gasteiger partial charge < -0.3 is 14.9 Å². The number of rotatable bonds is 4. The average molecular weight is 369 g/mol. The molecule has 1 atom stereocenters. The summed E-state index contributed by atoms with van der Waals surface area (Å²) in [6.07, 6.45) is 1.35. The van der Waals surface area contributed by atoms with Crippen LogP contribution in [0.3, 0.4) is 0 Å². The molecule has 1 aromatic heterocycles. The summed E-state index contributed by atoms with van der Waals surface area (Å²) in [6, 6.07) is 10.1. The molecule has 1 aromatic carbocycles. The average Bonchev–Trinajstić information content (AvgIpc) is 3.23. The van der Waals surface area contributed by atoms with Crippen LogP contribution in [0.15, 0.2) is 34.9 Å². The van der Waals surface area contributed by atoms with Gasteiger partial charge in [-0.05, 0) is 19.8 Å². The van der Waals surface area contributed by atoms with E-state index in [1.54, 1.807) is 0 Å². The van der Waals surface area contributed by atoms with E-state index in [0.717, 1.165) is 17.0 Å². The number of aromatic nitrogens is 1. The molecule has 0 saturated carbocycles. The number of carbonyl (C=O) groups excluding carboxylic acids is 1. The lowest BCUT2D eigenvalue weighted by Gasteiger charge is -2.41. The molecule has 1 spiro atoms. The van der Waals surface area contributed by atoms with Gasteiger partial charge in [0.2, 0.25) is 5.91 Å². The summed E-state index contributed by atoms with van der Waals surface area (Å²) in [6.45, 7) is 4.10. The Labute approximate surface area is 157 Å². The number of nitrogens with zero attached hydrogens (tertiary/aromatic N) is 2. The predicted octanol–water partition coefficient (Wildman–Crippen LogP) is 2.21. The van der Waals surface area contributed by atoms with Crippen molar-refractivity contribution in [1.29, 1.82) is 0 Å². The maximum atomic E-state index is 11.8. The van der Waals surface area contributed by atoms with Crippen molar-refractivity contribution in [2.45, 2.75) is 38.3 Å². The van der Waals surface area contributed by atoms with Crippen LogP contribution in [-0.2, 0) is 16.1 Å². The molecule has 142 valence electrons. The van der Waals surface area contributed by atoms with E-state index >= 15 is 0 Å². The van der Waals surface area contributed by atoms with E-state index in [-0.39, 0.29) is 12.3 Å². The van der Waals surface area contributed by atoms with E-state index in [4.69, 9.17) is 4.52 Å². The Kier molecular flexibility index (Phi) is 4.47. The van der Waals surface area contributed by atoms with Crippen LogP contribution in [0, 0.1) is 12.8 Å². The first kappa shape index (κ1) is 17.7. The van der Waals surface area contributed by atoms with Crippen LogP contribution in [0.2, 0.25) is 0 Å². The zero-order chi connectivity index (χ0) is 19.0. The van der Waals surface area contributed by atoms with Gasteiger partial charge in [0.25, 0.3) is 0 Å². The van der Waals surface area contributed by atoms with E-state index in [1.165, 1.54) is 5.56 Å². The summed E-state index contributed by atoms with van der Waals surface area (Å²) in [5.41, 5.74) is 2.43. The quantitative estimate of drug-likeness (QED) is 0.858. The molecule has 0 unspecified atom stereocenters. The van der Waals surface area contributed by atoms with Gasteiger partial charge >= 0.3 is 5.97 Å². The van der Waals surface area contributed by atoms with E-state index in [2.05, 4.69) is 15.4 Å². The molecule has 0 radical (unpaired) electrons. The Morgan fingerprint density at radius 3 is 2.70 bits per heavy atom. The van der Waals surface area contributed by atoms with Gasteiger partial charge in [-0.2, -0.15) is 0 Å². The van der Waals surface area contributed by atoms with Crippen LogP contribution in [-0.4, -0.2) is 45.7 Å². The highest BCUT2D eigenvalue weighted by atomic mass is 16.5. The van der Waals surface area contributed by atoms with Crippen LogP contribution in [0.5, 0.6) is 0 Å². The molecular weight excluding hydrogens is 346 g/mol. The number of aliphatic carboxylic acids is 1. The Morgan fingerprint density at radius 2 is 2.04 bits per heavy atom. The van der Waals surface area contributed by atoms with E-state index in [0.29, 0.717) is 32.5 Å². The van der Waals surface area contributed by atoms with E-state index in [9.17, 15) is 14.7 Å². The van der Waals surface area contributed by atoms with Gasteiger partial charge in [-0.3, -0.25) is 14.5 Å². The minimum atomic E-state index is -0.889. The monoisotopic (exact) mass is 369 g/mol. The van der Waals surface area contributed by atoms with Crippen LogP contribution in [0.25, 0.3) is 11.3 Å². The lowest BCUT2D eigenvalue weighted by Crippen LogP contribution is -2.55. The van der Waals surface area contributed by atoms with Gasteiger partial charge in [0.05, 0.1) is 18.0 Å². The fourth-order valence-corrected chi connectivity index (χ4v) is 4.17. The molecular formula is C20H23N3O4. The number of benzene rings is 1. The van der Waals surface area contributed by atoms with Gasteiger partial charge in [0, 0.05) is 31.1 Å². The fourth-order valence-electron chi connectivity index (χ4n) is 4.17. The molecule has 7 heteroatoms. The van der Waals surface area contributed by atoms with Gasteiger partial charge in [-0.15, -0.1) is 0 Å². The maximum absolute atomic E-state index is 11.8. The normalized spacial score (nSPS) is 22.1. The van der Waals surface area contributed by atoms with Crippen molar-refractivity contribution >= 4 is 11.9 Å². The molecule has 2 saturated heterocycles. The standard InChI is InChI=1S/C20H23N3O4/c1-13-2-4-14(5-3-13)17-10-15(27-22-17)12-23-8-6-20(7-9-23)16(19(25)26)11-18(24)21-20/h2-5,10,16H,6-9,11-12H2,1H3,(H,21,24)(H,25,26)/t16-/m0/s1. The number of amides is 1. The second-order valence-corrected chi connectivity index (χ2v) is 7.62. The van der Waals surface area contributed by atoms with Crippen molar-refractivity contribution in [1.82, 2.24) is 15.4 Å². The summed E-state index contributed by atoms with van der Waals surface area (Å²) in [5.74, 6) is -0.897. The van der Waals surface area contributed by atoms with Crippen molar-refractivity contribution in [3.63, 3.8) is 0 Å². The van der Waals surface area contributed by atoms with Crippen LogP contribution < -0.4 is 5.32 Å². The highest BCUT2D eigenvalue weighted by Crippen LogP contribution is 2.37. The molecule has 7 nitrogen and oxygen atoms in total. The number of carboxylic acid groups (broad SMARTS) is 1. The third-order valence-electron chi connectivity index (χ3n) is 5.78. The van der Waals surface area contributed by atoms with Crippen LogP contribution in [0.1, 0.15) is 30.6 Å². The largest absolute Gasteiger partial charge is 0.481 e. The van der Waals surface area contributed by atoms with Crippen molar-refractivity contribution in [2.75, 3.05) is 13.1 Å². The number of nitrogens with one attached hydrogen (secondary N) is 1. The van der Waals surface area contributed by atoms with Gasteiger partial charge in [-0.1, -0.05) is 35.0 Å². The molecule has 2 aromatic rings. The molecule has 1 amide bonds. The minimum Gasteiger partial charge on any atom is -0.481 e. The summed E-state index contributed by atoms with van der Waals surface area (Å²) in [5, 5.41) is 16.5. The fraction of sp³-hybridized carbons (Fsp3) is 0.450. The minimum absolute atomic E-state index is 0.0807. The van der Waals surface area contributed by atoms with Crippen molar-refractivity contribution in [2.24, 2.45) is 5.92 Å². The Balaban J connectivity index is 1.39. The van der Waals surface area contributed by atoms with Crippen LogP contribution >= 0.6 is 0 Å². The molecule has 2 N–H and O–H groups in total. The molecule has 3 heterocycles. The third-order valence-corrected chi connectivity index (χ3v) is 5.78. The highest BCUT2D eigenvalue weighted by molar-refractivity contribution is 5.88. The second-order valence-electron chi connectivity index (χ2n) is 7.62. The molecule has 2 aliphatic heterocycles. The smallest absolute Gasteiger partial charge is 0.309 e.